The van der Waals surface area contributed by atoms with Crippen molar-refractivity contribution in [3.8, 4) is 0 Å². The summed E-state index contributed by atoms with van der Waals surface area (Å²) >= 11 is 7.16. The lowest BCUT2D eigenvalue weighted by atomic mass is 9.82. The third-order valence-electron chi connectivity index (χ3n) is 5.46. The van der Waals surface area contributed by atoms with Gasteiger partial charge in [-0.1, -0.05) is 29.3 Å². The lowest BCUT2D eigenvalue weighted by Gasteiger charge is -2.30. The van der Waals surface area contributed by atoms with Crippen LogP contribution in [-0.2, 0) is 9.59 Å². The van der Waals surface area contributed by atoms with Crippen molar-refractivity contribution in [3.63, 3.8) is 0 Å². The molecule has 1 aromatic heterocycles. The fourth-order valence-corrected chi connectivity index (χ4v) is 4.67. The minimum absolute atomic E-state index is 0.239. The molecule has 4 rings (SSSR count). The molecule has 2 aliphatic rings. The molecule has 1 saturated heterocycles. The first-order valence-corrected chi connectivity index (χ1v) is 10.8. The quantitative estimate of drug-likeness (QED) is 0.398. The Morgan fingerprint density at radius 2 is 1.83 bits per heavy atom. The van der Waals surface area contributed by atoms with Crippen molar-refractivity contribution in [3.05, 3.63) is 68.9 Å². The largest absolute Gasteiger partial charge is 0.291 e. The van der Waals surface area contributed by atoms with Gasteiger partial charge in [0, 0.05) is 10.6 Å². The average molecular weight is 443 g/mol. The van der Waals surface area contributed by atoms with Crippen molar-refractivity contribution < 1.29 is 19.2 Å². The number of thiophene rings is 1. The van der Waals surface area contributed by atoms with Crippen molar-refractivity contribution in [2.45, 2.75) is 19.8 Å². The first-order valence-electron chi connectivity index (χ1n) is 9.54. The second-order valence-electron chi connectivity index (χ2n) is 7.46. The highest BCUT2D eigenvalue weighted by Gasteiger charge is 2.51. The molecule has 0 spiro atoms. The average Bonchev–Trinajstić information content (AvgIpc) is 3.34. The highest BCUT2D eigenvalue weighted by atomic mass is 35.5. The highest BCUT2D eigenvalue weighted by Crippen LogP contribution is 2.38. The van der Waals surface area contributed by atoms with Crippen LogP contribution in [0, 0.1) is 11.8 Å². The lowest BCUT2D eigenvalue weighted by Crippen LogP contribution is -2.52. The van der Waals surface area contributed by atoms with Crippen LogP contribution in [0.4, 0.5) is 0 Å². The molecule has 2 heterocycles. The third-order valence-corrected chi connectivity index (χ3v) is 6.62. The Bertz CT molecular complexity index is 1050. The van der Waals surface area contributed by atoms with Crippen molar-refractivity contribution in [1.29, 1.82) is 0 Å². The first-order chi connectivity index (χ1) is 14.4. The molecular weight excluding hydrogens is 424 g/mol. The molecule has 1 fully saturated rings. The SMILES string of the molecule is CC1=CC[C@@H]2C(=O)N(N(CC(=O)c3cccs3)C(=O)c3ccc(Cl)cc3)C(=O)[C@@H]2C1. The van der Waals surface area contributed by atoms with Gasteiger partial charge in [0.1, 0.15) is 6.54 Å². The van der Waals surface area contributed by atoms with E-state index in [2.05, 4.69) is 0 Å². The van der Waals surface area contributed by atoms with Crippen LogP contribution in [-0.4, -0.2) is 40.1 Å². The molecular formula is C22H19ClN2O4S. The van der Waals surface area contributed by atoms with Crippen LogP contribution in [0.2, 0.25) is 5.02 Å². The molecule has 0 N–H and O–H groups in total. The molecule has 2 aromatic rings. The number of hydrazine groups is 1. The predicted molar refractivity (Wildman–Crippen MR) is 113 cm³/mol. The zero-order valence-corrected chi connectivity index (χ0v) is 17.8. The Labute approximate surface area is 182 Å². The number of amides is 3. The summed E-state index contributed by atoms with van der Waals surface area (Å²) in [4.78, 5) is 52.8. The molecule has 8 heteroatoms. The van der Waals surface area contributed by atoms with Gasteiger partial charge in [0.15, 0.2) is 5.78 Å². The molecule has 2 atom stereocenters. The molecule has 1 aliphatic carbocycles. The van der Waals surface area contributed by atoms with E-state index in [1.54, 1.807) is 29.6 Å². The molecule has 154 valence electrons. The van der Waals surface area contributed by atoms with Crippen molar-refractivity contribution >= 4 is 46.4 Å². The number of Topliss-reactive ketones (excluding diaryl/α,β-unsaturated/α-hetero) is 1. The van der Waals surface area contributed by atoms with Crippen molar-refractivity contribution in [2.24, 2.45) is 11.8 Å². The number of hydrogen-bond acceptors (Lipinski definition) is 5. The first kappa shape index (κ1) is 20.5. The Morgan fingerprint density at radius 3 is 2.50 bits per heavy atom. The molecule has 1 aromatic carbocycles. The molecule has 1 aliphatic heterocycles. The molecule has 0 bridgehead atoms. The maximum Gasteiger partial charge on any atom is 0.273 e. The van der Waals surface area contributed by atoms with Gasteiger partial charge < -0.3 is 0 Å². The molecule has 6 nitrogen and oxygen atoms in total. The van der Waals surface area contributed by atoms with Gasteiger partial charge in [-0.25, -0.2) is 5.01 Å². The number of ketones is 1. The number of allylic oxidation sites excluding steroid dienone is 2. The predicted octanol–water partition coefficient (Wildman–Crippen LogP) is 3.98. The van der Waals surface area contributed by atoms with Crippen LogP contribution in [0.5, 0.6) is 0 Å². The number of benzene rings is 1. The topological polar surface area (TPSA) is 74.8 Å². The van der Waals surface area contributed by atoms with E-state index < -0.39 is 36.1 Å². The van der Waals surface area contributed by atoms with E-state index in [0.717, 1.165) is 15.6 Å². The molecule has 3 amide bonds. The number of imide groups is 1. The van der Waals surface area contributed by atoms with Gasteiger partial charge in [-0.2, -0.15) is 5.01 Å². The fourth-order valence-electron chi connectivity index (χ4n) is 3.88. The summed E-state index contributed by atoms with van der Waals surface area (Å²) in [5.41, 5.74) is 1.28. The van der Waals surface area contributed by atoms with Gasteiger partial charge in [-0.15, -0.1) is 11.3 Å². The Hall–Kier alpha value is -2.77. The summed E-state index contributed by atoms with van der Waals surface area (Å²) in [6.45, 7) is 1.53. The van der Waals surface area contributed by atoms with Crippen molar-refractivity contribution in [1.82, 2.24) is 10.0 Å². The normalized spacial score (nSPS) is 20.7. The van der Waals surface area contributed by atoms with Gasteiger partial charge in [-0.05, 0) is 55.5 Å². The van der Waals surface area contributed by atoms with E-state index in [9.17, 15) is 19.2 Å². The zero-order chi connectivity index (χ0) is 21.4. The summed E-state index contributed by atoms with van der Waals surface area (Å²) < 4.78 is 0. The number of carbonyl (C=O) groups is 4. The molecule has 0 radical (unpaired) electrons. The number of nitrogens with zero attached hydrogens (tertiary/aromatic N) is 2. The molecule has 30 heavy (non-hydrogen) atoms. The summed E-state index contributed by atoms with van der Waals surface area (Å²) in [7, 11) is 0. The molecule has 0 saturated carbocycles. The van der Waals surface area contributed by atoms with Gasteiger partial charge in [-0.3, -0.25) is 19.2 Å². The zero-order valence-electron chi connectivity index (χ0n) is 16.2. The Morgan fingerprint density at radius 1 is 1.13 bits per heavy atom. The maximum atomic E-state index is 13.3. The van der Waals surface area contributed by atoms with Crippen LogP contribution in [0.3, 0.4) is 0 Å². The van der Waals surface area contributed by atoms with Crippen molar-refractivity contribution in [2.75, 3.05) is 6.54 Å². The van der Waals surface area contributed by atoms with Gasteiger partial charge in [0.2, 0.25) is 0 Å². The van der Waals surface area contributed by atoms with Gasteiger partial charge >= 0.3 is 0 Å². The monoisotopic (exact) mass is 442 g/mol. The highest BCUT2D eigenvalue weighted by molar-refractivity contribution is 7.12. The maximum absolute atomic E-state index is 13.3. The van der Waals surface area contributed by atoms with Gasteiger partial charge in [0.25, 0.3) is 17.7 Å². The summed E-state index contributed by atoms with van der Waals surface area (Å²) in [6.07, 6.45) is 2.89. The smallest absolute Gasteiger partial charge is 0.273 e. The standard InChI is InChI=1S/C22H19ClN2O4S/c1-13-4-9-16-17(11-13)22(29)25(21(16)28)24(12-18(26)19-3-2-10-30-19)20(27)14-5-7-15(23)8-6-14/h2-8,10,16-17H,9,11-12H2,1H3/t16-,17+/m0/s1. The van der Waals surface area contributed by atoms with Crippen LogP contribution in [0.25, 0.3) is 0 Å². The van der Waals surface area contributed by atoms with E-state index in [-0.39, 0.29) is 11.3 Å². The van der Waals surface area contributed by atoms with Crippen LogP contribution in [0.1, 0.15) is 39.8 Å². The summed E-state index contributed by atoms with van der Waals surface area (Å²) in [5.74, 6) is -2.80. The van der Waals surface area contributed by atoms with E-state index in [0.29, 0.717) is 22.7 Å². The number of fused-ring (bicyclic) bond motifs is 1. The number of rotatable bonds is 5. The van der Waals surface area contributed by atoms with E-state index in [1.807, 2.05) is 13.0 Å². The summed E-state index contributed by atoms with van der Waals surface area (Å²) in [5, 5.41) is 4.09. The third kappa shape index (κ3) is 3.70. The minimum atomic E-state index is -0.596. The van der Waals surface area contributed by atoms with E-state index in [4.69, 9.17) is 11.6 Å². The number of halogens is 1. The van der Waals surface area contributed by atoms with Crippen LogP contribution in [0.15, 0.2) is 53.4 Å². The summed E-state index contributed by atoms with van der Waals surface area (Å²) in [6, 6.07) is 9.51. The van der Waals surface area contributed by atoms with Gasteiger partial charge in [0.05, 0.1) is 16.7 Å². The lowest BCUT2D eigenvalue weighted by molar-refractivity contribution is -0.154. The number of carbonyl (C=O) groups excluding carboxylic acids is 4. The Balaban J connectivity index is 1.69. The van der Waals surface area contributed by atoms with Crippen LogP contribution >= 0.6 is 22.9 Å². The molecule has 0 unspecified atom stereocenters. The fraction of sp³-hybridized carbons (Fsp3) is 0.273. The minimum Gasteiger partial charge on any atom is -0.291 e. The Kier molecular flexibility index (Phi) is 5.58. The second kappa shape index (κ2) is 8.16. The number of hydrogen-bond donors (Lipinski definition) is 0. The van der Waals surface area contributed by atoms with E-state index in [1.165, 1.54) is 23.5 Å². The van der Waals surface area contributed by atoms with E-state index >= 15 is 0 Å². The second-order valence-corrected chi connectivity index (χ2v) is 8.85. The van der Waals surface area contributed by atoms with Crippen LogP contribution < -0.4 is 0 Å².